The van der Waals surface area contributed by atoms with Crippen molar-refractivity contribution >= 4 is 28.9 Å². The predicted octanol–water partition coefficient (Wildman–Crippen LogP) is 3.76. The predicted molar refractivity (Wildman–Crippen MR) is 72.6 cm³/mol. The number of nitrogens with one attached hydrogen (secondary N) is 2. The molecule has 0 spiro atoms. The van der Waals surface area contributed by atoms with Crippen molar-refractivity contribution in [3.05, 3.63) is 22.2 Å². The fourth-order valence-electron chi connectivity index (χ4n) is 2.05. The summed E-state index contributed by atoms with van der Waals surface area (Å²) in [6, 6.07) is 3.43. The van der Waals surface area contributed by atoms with Crippen LogP contribution >= 0.6 is 23.2 Å². The van der Waals surface area contributed by atoms with Crippen molar-refractivity contribution in [2.24, 2.45) is 0 Å². The van der Waals surface area contributed by atoms with Crippen LogP contribution in [0.5, 0.6) is 5.75 Å². The molecule has 0 bridgehead atoms. The Morgan fingerprint density at radius 3 is 2.32 bits per heavy atom. The van der Waals surface area contributed by atoms with Gasteiger partial charge in [-0.2, -0.15) is 8.78 Å². The number of hydrogen-bond acceptors (Lipinski definition) is 3. The van der Waals surface area contributed by atoms with E-state index in [0.29, 0.717) is 11.7 Å². The fourth-order valence-corrected chi connectivity index (χ4v) is 2.62. The lowest BCUT2D eigenvalue weighted by atomic mass is 10.1. The summed E-state index contributed by atoms with van der Waals surface area (Å²) >= 11 is 11.8. The van der Waals surface area contributed by atoms with Crippen molar-refractivity contribution in [1.29, 1.82) is 0 Å². The number of hydrogen-bond donors (Lipinski definition) is 2. The molecule has 19 heavy (non-hydrogen) atoms. The van der Waals surface area contributed by atoms with E-state index in [1.807, 2.05) is 0 Å². The largest absolute Gasteiger partial charge is 0.432 e. The molecule has 1 fully saturated rings. The fraction of sp³-hybridized carbons (Fsp3) is 0.500. The van der Waals surface area contributed by atoms with Gasteiger partial charge in [-0.3, -0.25) is 0 Å². The Morgan fingerprint density at radius 2 is 1.79 bits per heavy atom. The molecule has 2 N–H and O–H groups in total. The number of anilines is 1. The topological polar surface area (TPSA) is 33.3 Å². The zero-order valence-electron chi connectivity index (χ0n) is 10.1. The van der Waals surface area contributed by atoms with Crippen LogP contribution in [0.15, 0.2) is 12.1 Å². The van der Waals surface area contributed by atoms with Gasteiger partial charge in [-0.1, -0.05) is 23.2 Å². The molecule has 0 unspecified atom stereocenters. The third-order valence-electron chi connectivity index (χ3n) is 2.92. The smallest absolute Gasteiger partial charge is 0.387 e. The van der Waals surface area contributed by atoms with Crippen LogP contribution in [0.1, 0.15) is 12.8 Å². The van der Waals surface area contributed by atoms with E-state index in [1.165, 1.54) is 0 Å². The second-order valence-electron chi connectivity index (χ2n) is 4.32. The molecule has 1 aliphatic heterocycles. The van der Waals surface area contributed by atoms with Crippen LogP contribution < -0.4 is 15.4 Å². The molecule has 1 aromatic carbocycles. The van der Waals surface area contributed by atoms with E-state index in [-0.39, 0.29) is 15.8 Å². The summed E-state index contributed by atoms with van der Waals surface area (Å²) in [5, 5.41) is 6.70. The minimum atomic E-state index is -2.95. The van der Waals surface area contributed by atoms with Gasteiger partial charge in [0, 0.05) is 11.7 Å². The maximum atomic E-state index is 12.2. The average molecular weight is 311 g/mol. The second kappa shape index (κ2) is 6.59. The van der Waals surface area contributed by atoms with E-state index in [2.05, 4.69) is 15.4 Å². The van der Waals surface area contributed by atoms with Crippen molar-refractivity contribution in [2.45, 2.75) is 25.5 Å². The third kappa shape index (κ3) is 4.09. The van der Waals surface area contributed by atoms with Crippen LogP contribution in [0.25, 0.3) is 0 Å². The maximum Gasteiger partial charge on any atom is 0.387 e. The summed E-state index contributed by atoms with van der Waals surface area (Å²) in [4.78, 5) is 0. The van der Waals surface area contributed by atoms with Gasteiger partial charge in [0.1, 0.15) is 0 Å². The van der Waals surface area contributed by atoms with E-state index in [1.54, 1.807) is 12.1 Å². The number of halogens is 4. The van der Waals surface area contributed by atoms with Crippen LogP contribution in [-0.4, -0.2) is 25.7 Å². The van der Waals surface area contributed by atoms with E-state index in [9.17, 15) is 8.78 Å². The number of benzene rings is 1. The van der Waals surface area contributed by atoms with Crippen LogP contribution in [0.2, 0.25) is 10.0 Å². The molecule has 106 valence electrons. The van der Waals surface area contributed by atoms with Crippen LogP contribution in [-0.2, 0) is 0 Å². The summed E-state index contributed by atoms with van der Waals surface area (Å²) < 4.78 is 28.7. The summed E-state index contributed by atoms with van der Waals surface area (Å²) in [5.74, 6) is -0.186. The van der Waals surface area contributed by atoms with Gasteiger partial charge in [-0.15, -0.1) is 0 Å². The number of alkyl halides is 2. The molecule has 0 aromatic heterocycles. The van der Waals surface area contributed by atoms with Gasteiger partial charge >= 0.3 is 6.61 Å². The van der Waals surface area contributed by atoms with E-state index < -0.39 is 6.61 Å². The first-order valence-corrected chi connectivity index (χ1v) is 6.73. The Labute approximate surface area is 120 Å². The van der Waals surface area contributed by atoms with Crippen molar-refractivity contribution in [1.82, 2.24) is 5.32 Å². The van der Waals surface area contributed by atoms with Gasteiger partial charge in [0.05, 0.1) is 10.0 Å². The Balaban J connectivity index is 2.10. The molecule has 0 saturated carbocycles. The molecule has 1 saturated heterocycles. The van der Waals surface area contributed by atoms with Crippen molar-refractivity contribution in [2.75, 3.05) is 18.4 Å². The van der Waals surface area contributed by atoms with E-state index in [4.69, 9.17) is 23.2 Å². The first-order valence-electron chi connectivity index (χ1n) is 5.97. The molecule has 1 aliphatic rings. The van der Waals surface area contributed by atoms with Crippen molar-refractivity contribution < 1.29 is 13.5 Å². The van der Waals surface area contributed by atoms with Crippen LogP contribution in [0.3, 0.4) is 0 Å². The molecule has 1 aromatic rings. The minimum absolute atomic E-state index is 0.0734. The van der Waals surface area contributed by atoms with Gasteiger partial charge in [-0.25, -0.2) is 0 Å². The molecule has 7 heteroatoms. The first-order chi connectivity index (χ1) is 9.06. The highest BCUT2D eigenvalue weighted by Gasteiger charge is 2.17. The number of ether oxygens (including phenoxy) is 1. The van der Waals surface area contributed by atoms with Crippen molar-refractivity contribution in [3.8, 4) is 5.75 Å². The zero-order valence-corrected chi connectivity index (χ0v) is 11.6. The second-order valence-corrected chi connectivity index (χ2v) is 5.13. The normalized spacial score (nSPS) is 16.7. The summed E-state index contributed by atoms with van der Waals surface area (Å²) in [5.41, 5.74) is 0.712. The van der Waals surface area contributed by atoms with Crippen LogP contribution in [0, 0.1) is 0 Å². The van der Waals surface area contributed by atoms with E-state index in [0.717, 1.165) is 25.9 Å². The lowest BCUT2D eigenvalue weighted by Crippen LogP contribution is -2.35. The Bertz CT molecular complexity index is 417. The Kier molecular flexibility index (Phi) is 5.07. The van der Waals surface area contributed by atoms with Gasteiger partial charge in [0.15, 0.2) is 5.75 Å². The number of rotatable bonds is 4. The standard InChI is InChI=1S/C12H14Cl2F2N2O/c13-9-5-8(18-7-1-3-17-4-2-7)6-10(14)11(9)19-12(15)16/h5-7,12,17-18H,1-4H2. The van der Waals surface area contributed by atoms with E-state index >= 15 is 0 Å². The third-order valence-corrected chi connectivity index (χ3v) is 3.48. The van der Waals surface area contributed by atoms with Crippen LogP contribution in [0.4, 0.5) is 14.5 Å². The average Bonchev–Trinajstić information content (AvgIpc) is 2.35. The van der Waals surface area contributed by atoms with Gasteiger partial charge < -0.3 is 15.4 Å². The molecule has 3 nitrogen and oxygen atoms in total. The van der Waals surface area contributed by atoms with Gasteiger partial charge in [0.25, 0.3) is 0 Å². The van der Waals surface area contributed by atoms with Gasteiger partial charge in [0.2, 0.25) is 0 Å². The molecular weight excluding hydrogens is 297 g/mol. The summed E-state index contributed by atoms with van der Waals surface area (Å²) in [6.07, 6.45) is 1.98. The minimum Gasteiger partial charge on any atom is -0.432 e. The van der Waals surface area contributed by atoms with Crippen molar-refractivity contribution in [3.63, 3.8) is 0 Å². The highest BCUT2D eigenvalue weighted by atomic mass is 35.5. The lowest BCUT2D eigenvalue weighted by molar-refractivity contribution is -0.0497. The highest BCUT2D eigenvalue weighted by Crippen LogP contribution is 2.37. The molecule has 1 heterocycles. The SMILES string of the molecule is FC(F)Oc1c(Cl)cc(NC2CCNCC2)cc1Cl. The molecule has 0 radical (unpaired) electrons. The zero-order chi connectivity index (χ0) is 13.8. The molecular formula is C12H14Cl2F2N2O. The summed E-state index contributed by atoms with van der Waals surface area (Å²) in [6.45, 7) is -1.05. The molecule has 2 rings (SSSR count). The quantitative estimate of drug-likeness (QED) is 0.888. The Morgan fingerprint density at radius 1 is 1.21 bits per heavy atom. The summed E-state index contributed by atoms with van der Waals surface area (Å²) in [7, 11) is 0. The lowest BCUT2D eigenvalue weighted by Gasteiger charge is -2.25. The Hall–Kier alpha value is -0.780. The molecule has 0 amide bonds. The molecule has 0 atom stereocenters. The number of piperidine rings is 1. The highest BCUT2D eigenvalue weighted by molar-refractivity contribution is 6.37. The van der Waals surface area contributed by atoms with Gasteiger partial charge in [-0.05, 0) is 38.1 Å². The monoisotopic (exact) mass is 310 g/mol. The maximum absolute atomic E-state index is 12.2. The first kappa shape index (κ1) is 14.6. The molecule has 0 aliphatic carbocycles.